The molecule has 0 amide bonds. The van der Waals surface area contributed by atoms with Gasteiger partial charge in [0.2, 0.25) is 0 Å². The van der Waals surface area contributed by atoms with Crippen LogP contribution in [0.25, 0.3) is 0 Å². The zero-order valence-electron chi connectivity index (χ0n) is 8.37. The quantitative estimate of drug-likeness (QED) is 0.771. The summed E-state index contributed by atoms with van der Waals surface area (Å²) in [6, 6.07) is 5.93. The third-order valence-corrected chi connectivity index (χ3v) is 2.03. The molecule has 1 atom stereocenters. The van der Waals surface area contributed by atoms with E-state index in [1.54, 1.807) is 6.92 Å². The van der Waals surface area contributed by atoms with Crippen molar-refractivity contribution >= 4 is 0 Å². The molecule has 2 heteroatoms. The van der Waals surface area contributed by atoms with Crippen molar-refractivity contribution in [2.75, 3.05) is 6.61 Å². The van der Waals surface area contributed by atoms with Gasteiger partial charge in [0.25, 0.3) is 0 Å². The third-order valence-electron chi connectivity index (χ3n) is 2.03. The van der Waals surface area contributed by atoms with Crippen LogP contribution < -0.4 is 4.74 Å². The van der Waals surface area contributed by atoms with E-state index in [0.29, 0.717) is 6.61 Å². The number of hydrogen-bond acceptors (Lipinski definition) is 2. The molecule has 0 unspecified atom stereocenters. The number of aliphatic hydroxyl groups excluding tert-OH is 1. The number of rotatable bonds is 3. The average molecular weight is 180 g/mol. The van der Waals surface area contributed by atoms with Gasteiger partial charge in [-0.1, -0.05) is 12.1 Å². The standard InChI is InChI=1S/C11H16O2/c1-8-5-4-6-11(10(8)3)13-7-9(2)12/h4-6,9,12H,7H2,1-3H3/t9-/m0/s1. The SMILES string of the molecule is Cc1cccc(OC[C@H](C)O)c1C. The Morgan fingerprint density at radius 1 is 1.38 bits per heavy atom. The van der Waals surface area contributed by atoms with Crippen molar-refractivity contribution < 1.29 is 9.84 Å². The summed E-state index contributed by atoms with van der Waals surface area (Å²) in [6.07, 6.45) is -0.417. The Hall–Kier alpha value is -1.02. The predicted molar refractivity (Wildman–Crippen MR) is 53.1 cm³/mol. The van der Waals surface area contributed by atoms with Crippen LogP contribution in [0.1, 0.15) is 18.1 Å². The van der Waals surface area contributed by atoms with Gasteiger partial charge in [-0.05, 0) is 38.0 Å². The fourth-order valence-electron chi connectivity index (χ4n) is 1.09. The minimum atomic E-state index is -0.417. The second-order valence-electron chi connectivity index (χ2n) is 3.36. The molecule has 0 heterocycles. The maximum atomic E-state index is 9.05. The van der Waals surface area contributed by atoms with Gasteiger partial charge >= 0.3 is 0 Å². The predicted octanol–water partition coefficient (Wildman–Crippen LogP) is 2.06. The van der Waals surface area contributed by atoms with E-state index in [9.17, 15) is 0 Å². The lowest BCUT2D eigenvalue weighted by atomic mass is 10.1. The van der Waals surface area contributed by atoms with Crippen molar-refractivity contribution in [3.63, 3.8) is 0 Å². The molecule has 1 aromatic rings. The smallest absolute Gasteiger partial charge is 0.122 e. The Labute approximate surface area is 79.2 Å². The highest BCUT2D eigenvalue weighted by molar-refractivity contribution is 5.38. The Balaban J connectivity index is 2.71. The van der Waals surface area contributed by atoms with E-state index in [0.717, 1.165) is 11.3 Å². The van der Waals surface area contributed by atoms with Crippen LogP contribution in [0.4, 0.5) is 0 Å². The summed E-state index contributed by atoms with van der Waals surface area (Å²) in [7, 11) is 0. The van der Waals surface area contributed by atoms with Crippen molar-refractivity contribution in [1.29, 1.82) is 0 Å². The van der Waals surface area contributed by atoms with Gasteiger partial charge in [0, 0.05) is 0 Å². The zero-order valence-corrected chi connectivity index (χ0v) is 8.37. The minimum Gasteiger partial charge on any atom is -0.491 e. The van der Waals surface area contributed by atoms with Gasteiger partial charge in [-0.2, -0.15) is 0 Å². The largest absolute Gasteiger partial charge is 0.491 e. The first-order chi connectivity index (χ1) is 6.11. The molecule has 0 aliphatic heterocycles. The summed E-state index contributed by atoms with van der Waals surface area (Å²) in [5.41, 5.74) is 2.35. The van der Waals surface area contributed by atoms with Crippen LogP contribution in [0.3, 0.4) is 0 Å². The van der Waals surface area contributed by atoms with Crippen molar-refractivity contribution in [2.24, 2.45) is 0 Å². The highest BCUT2D eigenvalue weighted by Crippen LogP contribution is 2.20. The van der Waals surface area contributed by atoms with Gasteiger partial charge in [-0.3, -0.25) is 0 Å². The van der Waals surface area contributed by atoms with Gasteiger partial charge in [-0.25, -0.2) is 0 Å². The van der Waals surface area contributed by atoms with Crippen molar-refractivity contribution in [1.82, 2.24) is 0 Å². The van der Waals surface area contributed by atoms with Gasteiger partial charge in [-0.15, -0.1) is 0 Å². The fourth-order valence-corrected chi connectivity index (χ4v) is 1.09. The molecule has 0 saturated carbocycles. The van der Waals surface area contributed by atoms with E-state index in [-0.39, 0.29) is 0 Å². The molecule has 0 aliphatic carbocycles. The molecule has 13 heavy (non-hydrogen) atoms. The van der Waals surface area contributed by atoms with Crippen LogP contribution in [-0.2, 0) is 0 Å². The third kappa shape index (κ3) is 2.74. The van der Waals surface area contributed by atoms with Crippen LogP contribution in [0.2, 0.25) is 0 Å². The van der Waals surface area contributed by atoms with Gasteiger partial charge in [0.15, 0.2) is 0 Å². The summed E-state index contributed by atoms with van der Waals surface area (Å²) >= 11 is 0. The lowest BCUT2D eigenvalue weighted by molar-refractivity contribution is 0.122. The van der Waals surface area contributed by atoms with E-state index >= 15 is 0 Å². The van der Waals surface area contributed by atoms with Crippen molar-refractivity contribution in [3.05, 3.63) is 29.3 Å². The van der Waals surface area contributed by atoms with Crippen LogP contribution in [-0.4, -0.2) is 17.8 Å². The van der Waals surface area contributed by atoms with Gasteiger partial charge in [0.05, 0.1) is 6.10 Å². The molecule has 0 spiro atoms. The maximum Gasteiger partial charge on any atom is 0.122 e. The first kappa shape index (κ1) is 10.1. The summed E-state index contributed by atoms with van der Waals surface area (Å²) in [4.78, 5) is 0. The summed E-state index contributed by atoms with van der Waals surface area (Å²) in [5.74, 6) is 0.862. The van der Waals surface area contributed by atoms with Crippen LogP contribution >= 0.6 is 0 Å². The van der Waals surface area contributed by atoms with E-state index in [1.807, 2.05) is 32.0 Å². The Morgan fingerprint density at radius 2 is 2.08 bits per heavy atom. The molecule has 0 radical (unpaired) electrons. The first-order valence-electron chi connectivity index (χ1n) is 4.48. The Kier molecular flexibility index (Phi) is 3.32. The Morgan fingerprint density at radius 3 is 2.69 bits per heavy atom. The number of aryl methyl sites for hydroxylation is 1. The maximum absolute atomic E-state index is 9.05. The fraction of sp³-hybridized carbons (Fsp3) is 0.455. The van der Waals surface area contributed by atoms with Crippen molar-refractivity contribution in [3.8, 4) is 5.75 Å². The summed E-state index contributed by atoms with van der Waals surface area (Å²) in [5, 5.41) is 9.05. The van der Waals surface area contributed by atoms with Gasteiger partial charge in [0.1, 0.15) is 12.4 Å². The highest BCUT2D eigenvalue weighted by atomic mass is 16.5. The van der Waals surface area contributed by atoms with Crippen LogP contribution in [0, 0.1) is 13.8 Å². The summed E-state index contributed by atoms with van der Waals surface area (Å²) < 4.78 is 5.43. The molecule has 0 saturated heterocycles. The molecule has 0 aliphatic rings. The summed E-state index contributed by atoms with van der Waals surface area (Å²) in [6.45, 7) is 6.13. The highest BCUT2D eigenvalue weighted by Gasteiger charge is 2.02. The molecule has 1 N–H and O–H groups in total. The Bertz CT molecular complexity index is 279. The van der Waals surface area contributed by atoms with E-state index < -0.39 is 6.10 Å². The number of aliphatic hydroxyl groups is 1. The monoisotopic (exact) mass is 180 g/mol. The lowest BCUT2D eigenvalue weighted by Crippen LogP contribution is -2.13. The molecular weight excluding hydrogens is 164 g/mol. The molecule has 2 nitrogen and oxygen atoms in total. The first-order valence-corrected chi connectivity index (χ1v) is 4.48. The second-order valence-corrected chi connectivity index (χ2v) is 3.36. The number of ether oxygens (including phenoxy) is 1. The van der Waals surface area contributed by atoms with Crippen molar-refractivity contribution in [2.45, 2.75) is 26.9 Å². The number of benzene rings is 1. The van der Waals surface area contributed by atoms with Crippen LogP contribution in [0.5, 0.6) is 5.75 Å². The van der Waals surface area contributed by atoms with E-state index in [4.69, 9.17) is 9.84 Å². The molecule has 0 fully saturated rings. The van der Waals surface area contributed by atoms with Crippen LogP contribution in [0.15, 0.2) is 18.2 Å². The molecule has 0 aromatic heterocycles. The van der Waals surface area contributed by atoms with Gasteiger partial charge < -0.3 is 9.84 Å². The lowest BCUT2D eigenvalue weighted by Gasteiger charge is -2.11. The van der Waals surface area contributed by atoms with E-state index in [1.165, 1.54) is 5.56 Å². The molecular formula is C11H16O2. The molecule has 72 valence electrons. The second kappa shape index (κ2) is 4.28. The normalized spacial score (nSPS) is 12.6. The minimum absolute atomic E-state index is 0.351. The molecule has 0 bridgehead atoms. The topological polar surface area (TPSA) is 29.5 Å². The van der Waals surface area contributed by atoms with E-state index in [2.05, 4.69) is 0 Å². The zero-order chi connectivity index (χ0) is 9.84. The number of hydrogen-bond donors (Lipinski definition) is 1. The average Bonchev–Trinajstić information content (AvgIpc) is 2.07. The molecule has 1 rings (SSSR count). The molecule has 1 aromatic carbocycles.